The molecule has 32 heavy (non-hydrogen) atoms. The van der Waals surface area contributed by atoms with Crippen molar-refractivity contribution >= 4 is 0 Å². The number of aliphatic hydroxyl groups is 2. The van der Waals surface area contributed by atoms with E-state index in [0.717, 1.165) is 24.6 Å². The molecule has 0 spiro atoms. The summed E-state index contributed by atoms with van der Waals surface area (Å²) in [5.74, 6) is 2.15. The SMILES string of the molecule is C=C1[C@H](O)CC(=CC=C2CCC[C@]3(C)[C@@H](C(C)CN4C[C@@H](C)OC[C@@H]4C)CC[C@@H]23)C[C@H]1O. The zero-order chi connectivity index (χ0) is 23.0. The highest BCUT2D eigenvalue weighted by Crippen LogP contribution is 2.59. The predicted octanol–water partition coefficient (Wildman–Crippen LogP) is 4.87. The summed E-state index contributed by atoms with van der Waals surface area (Å²) in [5.41, 5.74) is 3.71. The Morgan fingerprint density at radius 1 is 1.19 bits per heavy atom. The van der Waals surface area contributed by atoms with Crippen molar-refractivity contribution in [3.8, 4) is 0 Å². The van der Waals surface area contributed by atoms with Crippen LogP contribution in [0.4, 0.5) is 0 Å². The predicted molar refractivity (Wildman–Crippen MR) is 130 cm³/mol. The van der Waals surface area contributed by atoms with Gasteiger partial charge in [-0.2, -0.15) is 0 Å². The Morgan fingerprint density at radius 3 is 2.62 bits per heavy atom. The largest absolute Gasteiger partial charge is 0.388 e. The Balaban J connectivity index is 1.45. The number of hydrogen-bond acceptors (Lipinski definition) is 4. The highest BCUT2D eigenvalue weighted by molar-refractivity contribution is 5.29. The summed E-state index contributed by atoms with van der Waals surface area (Å²) in [4.78, 5) is 2.66. The van der Waals surface area contributed by atoms with Gasteiger partial charge in [0, 0.05) is 19.1 Å². The zero-order valence-electron chi connectivity index (χ0n) is 20.7. The van der Waals surface area contributed by atoms with Gasteiger partial charge in [0.05, 0.1) is 24.9 Å². The van der Waals surface area contributed by atoms with E-state index in [0.29, 0.717) is 47.8 Å². The first-order valence-electron chi connectivity index (χ1n) is 13.0. The van der Waals surface area contributed by atoms with E-state index < -0.39 is 12.2 Å². The summed E-state index contributed by atoms with van der Waals surface area (Å²) >= 11 is 0. The first kappa shape index (κ1) is 24.2. The molecule has 4 nitrogen and oxygen atoms in total. The van der Waals surface area contributed by atoms with E-state index in [1.165, 1.54) is 38.6 Å². The topological polar surface area (TPSA) is 52.9 Å². The normalized spacial score (nSPS) is 43.4. The third kappa shape index (κ3) is 4.80. The van der Waals surface area contributed by atoms with Gasteiger partial charge in [-0.3, -0.25) is 4.90 Å². The van der Waals surface area contributed by atoms with Gasteiger partial charge < -0.3 is 14.9 Å². The van der Waals surface area contributed by atoms with Crippen molar-refractivity contribution in [2.24, 2.45) is 23.2 Å². The van der Waals surface area contributed by atoms with Gasteiger partial charge in [0.2, 0.25) is 0 Å². The minimum absolute atomic E-state index is 0.344. The first-order valence-corrected chi connectivity index (χ1v) is 13.0. The van der Waals surface area contributed by atoms with Crippen molar-refractivity contribution in [3.05, 3.63) is 35.5 Å². The summed E-state index contributed by atoms with van der Waals surface area (Å²) in [6.45, 7) is 16.5. The molecule has 4 rings (SSSR count). The summed E-state index contributed by atoms with van der Waals surface area (Å²) in [7, 11) is 0. The number of aliphatic hydroxyl groups excluding tert-OH is 2. The van der Waals surface area contributed by atoms with Gasteiger partial charge in [0.15, 0.2) is 0 Å². The van der Waals surface area contributed by atoms with Crippen molar-refractivity contribution in [2.45, 2.75) is 97.0 Å². The molecule has 4 heteroatoms. The molecule has 0 aromatic carbocycles. The Hall–Kier alpha value is -0.940. The molecule has 0 amide bonds. The van der Waals surface area contributed by atoms with Crippen LogP contribution in [-0.2, 0) is 4.74 Å². The maximum absolute atomic E-state index is 10.2. The van der Waals surface area contributed by atoms with Gasteiger partial charge in [-0.25, -0.2) is 0 Å². The molecule has 1 unspecified atom stereocenters. The van der Waals surface area contributed by atoms with Crippen LogP contribution in [0.3, 0.4) is 0 Å². The molecule has 4 aliphatic rings. The average Bonchev–Trinajstić information content (AvgIpc) is 3.10. The second-order valence-electron chi connectivity index (χ2n) is 11.6. The van der Waals surface area contributed by atoms with Gasteiger partial charge >= 0.3 is 0 Å². The van der Waals surface area contributed by atoms with Crippen LogP contribution in [0, 0.1) is 23.2 Å². The molecule has 8 atom stereocenters. The molecule has 4 fully saturated rings. The van der Waals surface area contributed by atoms with E-state index in [2.05, 4.69) is 51.3 Å². The molecule has 1 saturated heterocycles. The Labute approximate surface area is 195 Å². The lowest BCUT2D eigenvalue weighted by Gasteiger charge is -2.46. The molecular weight excluding hydrogens is 398 g/mol. The lowest BCUT2D eigenvalue weighted by atomic mass is 9.61. The van der Waals surface area contributed by atoms with E-state index in [4.69, 9.17) is 4.74 Å². The lowest BCUT2D eigenvalue weighted by molar-refractivity contribution is -0.0596. The van der Waals surface area contributed by atoms with Crippen LogP contribution in [0.25, 0.3) is 0 Å². The second-order valence-corrected chi connectivity index (χ2v) is 11.6. The summed E-state index contributed by atoms with van der Waals surface area (Å²) < 4.78 is 5.85. The van der Waals surface area contributed by atoms with E-state index in [1.807, 2.05) is 0 Å². The number of rotatable bonds is 4. The molecule has 0 radical (unpaired) electrons. The number of ether oxygens (including phenoxy) is 1. The van der Waals surface area contributed by atoms with Crippen molar-refractivity contribution in [1.29, 1.82) is 0 Å². The fourth-order valence-corrected chi connectivity index (χ4v) is 7.36. The standard InChI is InChI=1S/C28H45NO3/c1-18(15-29-16-20(3)32-17-19(29)2)24-10-11-25-23(7-6-12-28(24,25)5)9-8-22-13-26(30)21(4)27(31)14-22/h8-9,18-20,24-27,30-31H,4,6-7,10-17H2,1-3,5H3/t18?,19-,20+,24+,25-,26+,27+,28+/m0/s1. The molecule has 0 aromatic heterocycles. The molecule has 1 aliphatic heterocycles. The van der Waals surface area contributed by atoms with Crippen LogP contribution >= 0.6 is 0 Å². The molecule has 3 saturated carbocycles. The summed E-state index contributed by atoms with van der Waals surface area (Å²) in [6.07, 6.45) is 11.3. The second kappa shape index (κ2) is 9.74. The van der Waals surface area contributed by atoms with Crippen LogP contribution in [0.5, 0.6) is 0 Å². The van der Waals surface area contributed by atoms with Crippen molar-refractivity contribution in [2.75, 3.05) is 19.7 Å². The van der Waals surface area contributed by atoms with Crippen molar-refractivity contribution in [1.82, 2.24) is 4.90 Å². The maximum Gasteiger partial charge on any atom is 0.0809 e. The number of nitrogens with zero attached hydrogens (tertiary/aromatic N) is 1. The number of hydrogen-bond donors (Lipinski definition) is 2. The zero-order valence-corrected chi connectivity index (χ0v) is 20.7. The van der Waals surface area contributed by atoms with Gasteiger partial charge in [0.1, 0.15) is 0 Å². The molecule has 180 valence electrons. The third-order valence-corrected chi connectivity index (χ3v) is 9.28. The highest BCUT2D eigenvalue weighted by Gasteiger charge is 2.51. The minimum Gasteiger partial charge on any atom is -0.388 e. The van der Waals surface area contributed by atoms with Crippen LogP contribution in [0.1, 0.15) is 72.6 Å². The lowest BCUT2D eigenvalue weighted by Crippen LogP contribution is -2.50. The highest BCUT2D eigenvalue weighted by atomic mass is 16.5. The first-order chi connectivity index (χ1) is 15.2. The number of fused-ring (bicyclic) bond motifs is 1. The van der Waals surface area contributed by atoms with Gasteiger partial charge in [-0.05, 0) is 87.5 Å². The molecule has 3 aliphatic carbocycles. The fraction of sp³-hybridized carbons (Fsp3) is 0.786. The third-order valence-electron chi connectivity index (χ3n) is 9.28. The minimum atomic E-state index is -0.609. The molecule has 0 bridgehead atoms. The Bertz CT molecular complexity index is 742. The maximum atomic E-state index is 10.2. The summed E-state index contributed by atoms with van der Waals surface area (Å²) in [5, 5.41) is 20.4. The van der Waals surface area contributed by atoms with Gasteiger partial charge in [-0.15, -0.1) is 0 Å². The average molecular weight is 444 g/mol. The molecule has 2 N–H and O–H groups in total. The number of morpholine rings is 1. The van der Waals surface area contributed by atoms with E-state index in [9.17, 15) is 10.2 Å². The van der Waals surface area contributed by atoms with E-state index >= 15 is 0 Å². The monoisotopic (exact) mass is 443 g/mol. The molecule has 0 aromatic rings. The van der Waals surface area contributed by atoms with Crippen molar-refractivity contribution in [3.63, 3.8) is 0 Å². The molecule has 1 heterocycles. The van der Waals surface area contributed by atoms with Crippen molar-refractivity contribution < 1.29 is 14.9 Å². The Kier molecular flexibility index (Phi) is 7.36. The van der Waals surface area contributed by atoms with E-state index in [-0.39, 0.29) is 0 Å². The summed E-state index contributed by atoms with van der Waals surface area (Å²) in [6, 6.07) is 0.518. The van der Waals surface area contributed by atoms with Crippen LogP contribution in [0.2, 0.25) is 0 Å². The Morgan fingerprint density at radius 2 is 1.91 bits per heavy atom. The quantitative estimate of drug-likeness (QED) is 0.609. The molecular formula is C28H45NO3. The van der Waals surface area contributed by atoms with Crippen LogP contribution < -0.4 is 0 Å². The van der Waals surface area contributed by atoms with E-state index in [1.54, 1.807) is 5.57 Å². The van der Waals surface area contributed by atoms with Gasteiger partial charge in [-0.1, -0.05) is 43.7 Å². The number of allylic oxidation sites excluding steroid dienone is 3. The smallest absolute Gasteiger partial charge is 0.0809 e. The van der Waals surface area contributed by atoms with Gasteiger partial charge in [0.25, 0.3) is 0 Å². The van der Waals surface area contributed by atoms with Crippen LogP contribution in [0.15, 0.2) is 35.5 Å². The van der Waals surface area contributed by atoms with Crippen LogP contribution in [-0.4, -0.2) is 59.2 Å². The fourth-order valence-electron chi connectivity index (χ4n) is 7.36.